The number of fused-ring (bicyclic) bond motifs is 1. The third-order valence-corrected chi connectivity index (χ3v) is 4.36. The zero-order chi connectivity index (χ0) is 14.7. The fraction of sp³-hybridized carbons (Fsp3) is 0.235. The quantitative estimate of drug-likeness (QED) is 0.700. The maximum absolute atomic E-state index is 4.52. The molecule has 0 amide bonds. The van der Waals surface area contributed by atoms with Crippen LogP contribution in [-0.4, -0.2) is 15.2 Å². The number of anilines is 2. The Morgan fingerprint density at radius 2 is 1.86 bits per heavy atom. The molecule has 0 fully saturated rings. The van der Waals surface area contributed by atoms with Crippen molar-refractivity contribution in [3.05, 3.63) is 54.1 Å². The van der Waals surface area contributed by atoms with E-state index < -0.39 is 0 Å². The van der Waals surface area contributed by atoms with E-state index in [1.807, 2.05) is 36.0 Å². The van der Waals surface area contributed by atoms with Crippen molar-refractivity contribution in [2.75, 3.05) is 5.32 Å². The average molecular weight is 297 g/mol. The number of nitrogens with one attached hydrogen (secondary N) is 2. The molecule has 3 aromatic rings. The van der Waals surface area contributed by atoms with E-state index >= 15 is 0 Å². The van der Waals surface area contributed by atoms with Crippen molar-refractivity contribution in [2.24, 2.45) is 0 Å². The average Bonchev–Trinajstić information content (AvgIpc) is 2.88. The Balaban J connectivity index is 1.69. The predicted octanol–water partition coefficient (Wildman–Crippen LogP) is 4.95. The Morgan fingerprint density at radius 3 is 2.57 bits per heavy atom. The number of hydrogen-bond donors (Lipinski definition) is 2. The van der Waals surface area contributed by atoms with Gasteiger partial charge >= 0.3 is 0 Å². The van der Waals surface area contributed by atoms with Crippen LogP contribution < -0.4 is 5.32 Å². The summed E-state index contributed by atoms with van der Waals surface area (Å²) in [7, 11) is 0. The SMILES string of the molecule is CC(C)SCc1ccc(Nc2nc3ccccc3[nH]2)cc1. The van der Waals surface area contributed by atoms with Gasteiger partial charge in [-0.2, -0.15) is 11.8 Å². The second kappa shape index (κ2) is 6.22. The molecule has 108 valence electrons. The summed E-state index contributed by atoms with van der Waals surface area (Å²) in [5.74, 6) is 1.84. The zero-order valence-corrected chi connectivity index (χ0v) is 13.1. The number of aromatic nitrogens is 2. The number of nitrogens with zero attached hydrogens (tertiary/aromatic N) is 1. The maximum Gasteiger partial charge on any atom is 0.205 e. The highest BCUT2D eigenvalue weighted by Gasteiger charge is 2.02. The molecule has 0 radical (unpaired) electrons. The van der Waals surface area contributed by atoms with Crippen molar-refractivity contribution in [2.45, 2.75) is 24.9 Å². The van der Waals surface area contributed by atoms with Gasteiger partial charge in [0.25, 0.3) is 0 Å². The molecule has 0 unspecified atom stereocenters. The molecule has 1 heterocycles. The molecular formula is C17H19N3S. The van der Waals surface area contributed by atoms with E-state index in [2.05, 4.69) is 53.4 Å². The van der Waals surface area contributed by atoms with Gasteiger partial charge in [-0.3, -0.25) is 0 Å². The van der Waals surface area contributed by atoms with Gasteiger partial charge in [-0.05, 0) is 35.1 Å². The van der Waals surface area contributed by atoms with Crippen LogP contribution in [0.4, 0.5) is 11.6 Å². The highest BCUT2D eigenvalue weighted by molar-refractivity contribution is 7.99. The molecule has 2 aromatic carbocycles. The van der Waals surface area contributed by atoms with Crippen LogP contribution in [0.3, 0.4) is 0 Å². The summed E-state index contributed by atoms with van der Waals surface area (Å²) < 4.78 is 0. The summed E-state index contributed by atoms with van der Waals surface area (Å²) in [4.78, 5) is 7.79. The molecular weight excluding hydrogens is 278 g/mol. The Bertz CT molecular complexity index is 683. The first kappa shape index (κ1) is 14.0. The Hall–Kier alpha value is -1.94. The normalized spacial score (nSPS) is 11.2. The molecule has 0 saturated heterocycles. The minimum atomic E-state index is 0.665. The lowest BCUT2D eigenvalue weighted by atomic mass is 10.2. The van der Waals surface area contributed by atoms with Gasteiger partial charge in [-0.15, -0.1) is 0 Å². The molecule has 0 aliphatic carbocycles. The van der Waals surface area contributed by atoms with Crippen molar-refractivity contribution >= 4 is 34.4 Å². The number of benzene rings is 2. The molecule has 4 heteroatoms. The highest BCUT2D eigenvalue weighted by Crippen LogP contribution is 2.21. The minimum Gasteiger partial charge on any atom is -0.326 e. The standard InChI is InChI=1S/C17H19N3S/c1-12(2)21-11-13-7-9-14(10-8-13)18-17-19-15-5-3-4-6-16(15)20-17/h3-10,12H,11H2,1-2H3,(H2,18,19,20). The van der Waals surface area contributed by atoms with Gasteiger partial charge in [0.15, 0.2) is 0 Å². The third kappa shape index (κ3) is 3.58. The van der Waals surface area contributed by atoms with Gasteiger partial charge in [0.2, 0.25) is 5.95 Å². The molecule has 0 saturated carbocycles. The Labute approximate surface area is 129 Å². The van der Waals surface area contributed by atoms with Crippen LogP contribution in [0.15, 0.2) is 48.5 Å². The number of rotatable bonds is 5. The van der Waals surface area contributed by atoms with Crippen LogP contribution in [0.25, 0.3) is 11.0 Å². The van der Waals surface area contributed by atoms with E-state index in [1.165, 1.54) is 5.56 Å². The molecule has 0 bridgehead atoms. The van der Waals surface area contributed by atoms with E-state index in [1.54, 1.807) is 0 Å². The smallest absolute Gasteiger partial charge is 0.205 e. The number of H-pyrrole nitrogens is 1. The van der Waals surface area contributed by atoms with Gasteiger partial charge in [0, 0.05) is 11.4 Å². The molecule has 0 aliphatic rings. The second-order valence-corrected chi connectivity index (χ2v) is 6.85. The van der Waals surface area contributed by atoms with Crippen LogP contribution in [0.5, 0.6) is 0 Å². The zero-order valence-electron chi connectivity index (χ0n) is 12.3. The van der Waals surface area contributed by atoms with E-state index in [-0.39, 0.29) is 0 Å². The fourth-order valence-corrected chi connectivity index (χ4v) is 2.81. The molecule has 2 N–H and O–H groups in total. The van der Waals surface area contributed by atoms with Gasteiger partial charge < -0.3 is 10.3 Å². The third-order valence-electron chi connectivity index (χ3n) is 3.19. The van der Waals surface area contributed by atoms with Gasteiger partial charge in [-0.1, -0.05) is 38.1 Å². The largest absolute Gasteiger partial charge is 0.326 e. The number of imidazole rings is 1. The van der Waals surface area contributed by atoms with E-state index in [0.717, 1.165) is 28.4 Å². The molecule has 0 aliphatic heterocycles. The molecule has 3 nitrogen and oxygen atoms in total. The summed E-state index contributed by atoms with van der Waals surface area (Å²) in [6.45, 7) is 4.45. The second-order valence-electron chi connectivity index (χ2n) is 5.28. The number of aromatic amines is 1. The minimum absolute atomic E-state index is 0.665. The van der Waals surface area contributed by atoms with Gasteiger partial charge in [-0.25, -0.2) is 4.98 Å². The molecule has 0 spiro atoms. The summed E-state index contributed by atoms with van der Waals surface area (Å²) >= 11 is 1.96. The van der Waals surface area contributed by atoms with Crippen LogP contribution in [0.1, 0.15) is 19.4 Å². The van der Waals surface area contributed by atoms with Gasteiger partial charge in [0.1, 0.15) is 0 Å². The summed E-state index contributed by atoms with van der Waals surface area (Å²) in [6, 6.07) is 16.6. The van der Waals surface area contributed by atoms with E-state index in [9.17, 15) is 0 Å². The lowest BCUT2D eigenvalue weighted by Crippen LogP contribution is -1.93. The lowest BCUT2D eigenvalue weighted by molar-refractivity contribution is 1.11. The number of hydrogen-bond acceptors (Lipinski definition) is 3. The van der Waals surface area contributed by atoms with Crippen molar-refractivity contribution in [1.82, 2.24) is 9.97 Å². The highest BCUT2D eigenvalue weighted by atomic mass is 32.2. The maximum atomic E-state index is 4.52. The van der Waals surface area contributed by atoms with Crippen molar-refractivity contribution < 1.29 is 0 Å². The number of para-hydroxylation sites is 2. The van der Waals surface area contributed by atoms with Crippen LogP contribution in [0.2, 0.25) is 0 Å². The lowest BCUT2D eigenvalue weighted by Gasteiger charge is -2.06. The first-order valence-corrected chi connectivity index (χ1v) is 8.18. The summed E-state index contributed by atoms with van der Waals surface area (Å²) in [5.41, 5.74) is 4.42. The summed E-state index contributed by atoms with van der Waals surface area (Å²) in [6.07, 6.45) is 0. The van der Waals surface area contributed by atoms with Crippen molar-refractivity contribution in [1.29, 1.82) is 0 Å². The van der Waals surface area contributed by atoms with Gasteiger partial charge in [0.05, 0.1) is 11.0 Å². The molecule has 0 atom stereocenters. The molecule has 21 heavy (non-hydrogen) atoms. The predicted molar refractivity (Wildman–Crippen MR) is 92.2 cm³/mol. The fourth-order valence-electron chi connectivity index (χ4n) is 2.10. The Morgan fingerprint density at radius 1 is 1.10 bits per heavy atom. The van der Waals surface area contributed by atoms with Crippen LogP contribution >= 0.6 is 11.8 Å². The molecule has 3 rings (SSSR count). The monoisotopic (exact) mass is 297 g/mol. The molecule has 1 aromatic heterocycles. The van der Waals surface area contributed by atoms with Crippen molar-refractivity contribution in [3.8, 4) is 0 Å². The summed E-state index contributed by atoms with van der Waals surface area (Å²) in [5, 5.41) is 3.98. The first-order valence-electron chi connectivity index (χ1n) is 7.13. The first-order chi connectivity index (χ1) is 10.2. The topological polar surface area (TPSA) is 40.7 Å². The van der Waals surface area contributed by atoms with Crippen LogP contribution in [0, 0.1) is 0 Å². The van der Waals surface area contributed by atoms with Crippen molar-refractivity contribution in [3.63, 3.8) is 0 Å². The van der Waals surface area contributed by atoms with Crippen LogP contribution in [-0.2, 0) is 5.75 Å². The van der Waals surface area contributed by atoms with E-state index in [0.29, 0.717) is 5.25 Å². The number of thioether (sulfide) groups is 1. The van der Waals surface area contributed by atoms with E-state index in [4.69, 9.17) is 0 Å². The Kier molecular flexibility index (Phi) is 4.15.